The van der Waals surface area contributed by atoms with E-state index in [4.69, 9.17) is 0 Å². The van der Waals surface area contributed by atoms with E-state index in [0.717, 1.165) is 38.4 Å². The van der Waals surface area contributed by atoms with E-state index in [0.29, 0.717) is 24.2 Å². The van der Waals surface area contributed by atoms with Gasteiger partial charge in [0.25, 0.3) is 0 Å². The number of carbonyl (C=O) groups is 1. The van der Waals surface area contributed by atoms with Crippen molar-refractivity contribution >= 4 is 18.3 Å². The summed E-state index contributed by atoms with van der Waals surface area (Å²) in [4.78, 5) is 14.1. The first kappa shape index (κ1) is 17.7. The van der Waals surface area contributed by atoms with Gasteiger partial charge in [0.2, 0.25) is 5.91 Å². The summed E-state index contributed by atoms with van der Waals surface area (Å²) < 4.78 is 0. The van der Waals surface area contributed by atoms with Crippen LogP contribution in [-0.2, 0) is 4.79 Å². The average Bonchev–Trinajstić information content (AvgIpc) is 2.30. The largest absolute Gasteiger partial charge is 0.343 e. The number of hydrogen-bond donors (Lipinski definition) is 1. The molecule has 0 aliphatic carbocycles. The maximum atomic E-state index is 12.1. The third-order valence-electron chi connectivity index (χ3n) is 4.09. The van der Waals surface area contributed by atoms with Crippen molar-refractivity contribution in [2.24, 2.45) is 17.8 Å². The predicted octanol–water partition coefficient (Wildman–Crippen LogP) is 2.55. The molecule has 0 spiro atoms. The molecule has 0 aromatic carbocycles. The van der Waals surface area contributed by atoms with Crippen LogP contribution in [0.25, 0.3) is 0 Å². The van der Waals surface area contributed by atoms with E-state index < -0.39 is 0 Å². The first-order chi connectivity index (χ1) is 8.04. The molecule has 1 aliphatic rings. The van der Waals surface area contributed by atoms with E-state index >= 15 is 0 Å². The van der Waals surface area contributed by atoms with Crippen LogP contribution in [0.3, 0.4) is 0 Å². The molecule has 1 amide bonds. The van der Waals surface area contributed by atoms with E-state index in [1.54, 1.807) is 0 Å². The summed E-state index contributed by atoms with van der Waals surface area (Å²) in [7, 11) is 2.00. The second kappa shape index (κ2) is 8.76. The Balaban J connectivity index is 0.00000289. The Morgan fingerprint density at radius 3 is 2.28 bits per heavy atom. The van der Waals surface area contributed by atoms with Gasteiger partial charge in [0, 0.05) is 19.5 Å². The van der Waals surface area contributed by atoms with E-state index in [1.807, 2.05) is 7.05 Å². The van der Waals surface area contributed by atoms with E-state index in [-0.39, 0.29) is 12.4 Å². The highest BCUT2D eigenvalue weighted by Crippen LogP contribution is 2.20. The van der Waals surface area contributed by atoms with Crippen LogP contribution in [0.4, 0.5) is 0 Å². The lowest BCUT2D eigenvalue weighted by Gasteiger charge is -2.33. The molecule has 1 saturated heterocycles. The molecule has 3 nitrogen and oxygen atoms in total. The number of hydrogen-bond acceptors (Lipinski definition) is 2. The number of amides is 1. The highest BCUT2D eigenvalue weighted by Gasteiger charge is 2.23. The van der Waals surface area contributed by atoms with Gasteiger partial charge < -0.3 is 10.2 Å². The minimum Gasteiger partial charge on any atom is -0.343 e. The molecule has 0 aromatic heterocycles. The molecule has 1 rings (SSSR count). The van der Waals surface area contributed by atoms with Gasteiger partial charge in [0.15, 0.2) is 0 Å². The van der Waals surface area contributed by atoms with Crippen molar-refractivity contribution in [2.75, 3.05) is 26.7 Å². The Morgan fingerprint density at radius 1 is 1.28 bits per heavy atom. The van der Waals surface area contributed by atoms with E-state index in [2.05, 4.69) is 31.0 Å². The van der Waals surface area contributed by atoms with Gasteiger partial charge in [-0.2, -0.15) is 0 Å². The molecule has 18 heavy (non-hydrogen) atoms. The monoisotopic (exact) mass is 276 g/mol. The molecule has 4 heteroatoms. The summed E-state index contributed by atoms with van der Waals surface area (Å²) in [6.45, 7) is 9.56. The Labute approximate surface area is 118 Å². The lowest BCUT2D eigenvalue weighted by Crippen LogP contribution is -2.41. The number of piperidine rings is 1. The van der Waals surface area contributed by atoms with Crippen LogP contribution in [0.5, 0.6) is 0 Å². The van der Waals surface area contributed by atoms with Crippen molar-refractivity contribution in [2.45, 2.75) is 40.0 Å². The van der Waals surface area contributed by atoms with Crippen molar-refractivity contribution in [1.29, 1.82) is 0 Å². The SMILES string of the molecule is CNCC1CCN(C(=O)CC(C)C(C)C)CC1.Cl. The molecule has 108 valence electrons. The quantitative estimate of drug-likeness (QED) is 0.837. The Kier molecular flexibility index (Phi) is 8.62. The zero-order chi connectivity index (χ0) is 12.8. The lowest BCUT2D eigenvalue weighted by molar-refractivity contribution is -0.133. The summed E-state index contributed by atoms with van der Waals surface area (Å²) in [5.41, 5.74) is 0. The third-order valence-corrected chi connectivity index (χ3v) is 4.09. The van der Waals surface area contributed by atoms with Crippen LogP contribution in [0.2, 0.25) is 0 Å². The maximum absolute atomic E-state index is 12.1. The third kappa shape index (κ3) is 5.57. The topological polar surface area (TPSA) is 32.3 Å². The molecule has 1 N–H and O–H groups in total. The normalized spacial score (nSPS) is 18.6. The Hall–Kier alpha value is -0.280. The number of halogens is 1. The highest BCUT2D eigenvalue weighted by molar-refractivity contribution is 5.85. The first-order valence-electron chi connectivity index (χ1n) is 6.97. The number of carbonyl (C=O) groups excluding carboxylic acids is 1. The predicted molar refractivity (Wildman–Crippen MR) is 79.1 cm³/mol. The summed E-state index contributed by atoms with van der Waals surface area (Å²) in [5.74, 6) is 2.21. The summed E-state index contributed by atoms with van der Waals surface area (Å²) in [5, 5.41) is 3.23. The number of likely N-dealkylation sites (tertiary alicyclic amines) is 1. The molecule has 0 aromatic rings. The van der Waals surface area contributed by atoms with Crippen molar-refractivity contribution in [3.05, 3.63) is 0 Å². The van der Waals surface area contributed by atoms with Crippen molar-refractivity contribution in [1.82, 2.24) is 10.2 Å². The van der Waals surface area contributed by atoms with Crippen molar-refractivity contribution < 1.29 is 4.79 Å². The fourth-order valence-electron chi connectivity index (χ4n) is 2.32. The number of nitrogens with zero attached hydrogens (tertiary/aromatic N) is 1. The van der Waals surface area contributed by atoms with Gasteiger partial charge in [-0.25, -0.2) is 0 Å². The minimum absolute atomic E-state index is 0. The summed E-state index contributed by atoms with van der Waals surface area (Å²) in [6, 6.07) is 0. The van der Waals surface area contributed by atoms with Crippen LogP contribution in [0, 0.1) is 17.8 Å². The highest BCUT2D eigenvalue weighted by atomic mass is 35.5. The van der Waals surface area contributed by atoms with E-state index in [9.17, 15) is 4.79 Å². The van der Waals surface area contributed by atoms with Crippen molar-refractivity contribution in [3.8, 4) is 0 Å². The number of rotatable bonds is 5. The molecule has 1 heterocycles. The molecule has 1 aliphatic heterocycles. The average molecular weight is 277 g/mol. The molecule has 1 unspecified atom stereocenters. The second-order valence-corrected chi connectivity index (χ2v) is 5.81. The van der Waals surface area contributed by atoms with Gasteiger partial charge in [-0.05, 0) is 44.2 Å². The Bertz CT molecular complexity index is 238. The molecule has 0 radical (unpaired) electrons. The van der Waals surface area contributed by atoms with E-state index in [1.165, 1.54) is 0 Å². The fourth-order valence-corrected chi connectivity index (χ4v) is 2.32. The van der Waals surface area contributed by atoms with Crippen LogP contribution in [0.1, 0.15) is 40.0 Å². The van der Waals surface area contributed by atoms with Crippen LogP contribution >= 0.6 is 12.4 Å². The minimum atomic E-state index is 0. The summed E-state index contributed by atoms with van der Waals surface area (Å²) >= 11 is 0. The number of nitrogens with one attached hydrogen (secondary N) is 1. The fraction of sp³-hybridized carbons (Fsp3) is 0.929. The smallest absolute Gasteiger partial charge is 0.222 e. The van der Waals surface area contributed by atoms with Gasteiger partial charge in [0.05, 0.1) is 0 Å². The second-order valence-electron chi connectivity index (χ2n) is 5.81. The van der Waals surface area contributed by atoms with Crippen LogP contribution in [0.15, 0.2) is 0 Å². The standard InChI is InChI=1S/C14H28N2O.ClH/c1-11(2)12(3)9-14(17)16-7-5-13(6-8-16)10-15-4;/h11-13,15H,5-10H2,1-4H3;1H. The van der Waals surface area contributed by atoms with Crippen molar-refractivity contribution in [3.63, 3.8) is 0 Å². The molecule has 0 saturated carbocycles. The zero-order valence-corrected chi connectivity index (χ0v) is 13.1. The zero-order valence-electron chi connectivity index (χ0n) is 12.2. The summed E-state index contributed by atoms with van der Waals surface area (Å²) in [6.07, 6.45) is 3.03. The van der Waals surface area contributed by atoms with Gasteiger partial charge in [0.1, 0.15) is 0 Å². The van der Waals surface area contributed by atoms with Crippen LogP contribution in [-0.4, -0.2) is 37.5 Å². The molecule has 1 fully saturated rings. The Morgan fingerprint density at radius 2 is 1.83 bits per heavy atom. The lowest BCUT2D eigenvalue weighted by atomic mass is 9.92. The van der Waals surface area contributed by atoms with Gasteiger partial charge in [-0.1, -0.05) is 20.8 Å². The maximum Gasteiger partial charge on any atom is 0.222 e. The molecule has 1 atom stereocenters. The van der Waals surface area contributed by atoms with Gasteiger partial charge in [-0.15, -0.1) is 12.4 Å². The first-order valence-corrected chi connectivity index (χ1v) is 6.97. The van der Waals surface area contributed by atoms with Crippen LogP contribution < -0.4 is 5.32 Å². The van der Waals surface area contributed by atoms with Gasteiger partial charge >= 0.3 is 0 Å². The molecular formula is C14H29ClN2O. The van der Waals surface area contributed by atoms with Gasteiger partial charge in [-0.3, -0.25) is 4.79 Å². The molecule has 0 bridgehead atoms. The molecular weight excluding hydrogens is 248 g/mol.